The summed E-state index contributed by atoms with van der Waals surface area (Å²) in [5.74, 6) is 3.32. The van der Waals surface area contributed by atoms with E-state index in [-0.39, 0.29) is 0 Å². The van der Waals surface area contributed by atoms with Crippen molar-refractivity contribution in [1.29, 1.82) is 0 Å². The Kier molecular flexibility index (Phi) is 4.13. The Hall–Kier alpha value is -1.25. The Bertz CT molecular complexity index is 721. The van der Waals surface area contributed by atoms with Crippen LogP contribution in [0.2, 0.25) is 0 Å². The monoisotopic (exact) mass is 323 g/mol. The Labute approximate surface area is 129 Å². The van der Waals surface area contributed by atoms with Gasteiger partial charge >= 0.3 is 0 Å². The van der Waals surface area contributed by atoms with Gasteiger partial charge < -0.3 is 5.32 Å². The maximum Gasteiger partial charge on any atom is 0.170 e. The van der Waals surface area contributed by atoms with Crippen LogP contribution in [0.3, 0.4) is 0 Å². The first-order valence-electron chi connectivity index (χ1n) is 6.17. The van der Waals surface area contributed by atoms with Gasteiger partial charge in [-0.15, -0.1) is 11.3 Å². The molecule has 1 N–H and O–H groups in total. The van der Waals surface area contributed by atoms with Crippen LogP contribution in [-0.4, -0.2) is 26.4 Å². The van der Waals surface area contributed by atoms with E-state index in [1.54, 1.807) is 23.1 Å². The molecule has 0 saturated heterocycles. The van der Waals surface area contributed by atoms with Crippen LogP contribution >= 0.6 is 34.6 Å². The molecule has 3 heterocycles. The first kappa shape index (κ1) is 13.7. The summed E-state index contributed by atoms with van der Waals surface area (Å²) in [6.07, 6.45) is 0.874. The third-order valence-corrected chi connectivity index (χ3v) is 5.37. The van der Waals surface area contributed by atoms with E-state index in [0.717, 1.165) is 38.4 Å². The number of thioether (sulfide) groups is 1. The van der Waals surface area contributed by atoms with Gasteiger partial charge in [0.2, 0.25) is 0 Å². The summed E-state index contributed by atoms with van der Waals surface area (Å²) in [5.41, 5.74) is 0. The molecule has 3 aromatic rings. The van der Waals surface area contributed by atoms with Crippen molar-refractivity contribution in [2.75, 3.05) is 12.4 Å². The highest BCUT2D eigenvalue weighted by Crippen LogP contribution is 2.28. The van der Waals surface area contributed by atoms with Crippen molar-refractivity contribution in [2.24, 2.45) is 0 Å². The van der Waals surface area contributed by atoms with Gasteiger partial charge in [0.25, 0.3) is 0 Å². The number of aryl methyl sites for hydroxylation is 1. The molecule has 3 rings (SSSR count). The number of nitrogens with zero attached hydrogens (tertiary/aromatic N) is 4. The summed E-state index contributed by atoms with van der Waals surface area (Å²) in [6, 6.07) is 2.04. The molecule has 8 heteroatoms. The molecule has 20 heavy (non-hydrogen) atoms. The average Bonchev–Trinajstić information content (AvgIpc) is 3.12. The second kappa shape index (κ2) is 6.02. The zero-order valence-electron chi connectivity index (χ0n) is 11.1. The fourth-order valence-corrected chi connectivity index (χ4v) is 4.05. The van der Waals surface area contributed by atoms with E-state index in [9.17, 15) is 0 Å². The largest absolute Gasteiger partial charge is 0.372 e. The molecule has 0 radical (unpaired) electrons. The van der Waals surface area contributed by atoms with E-state index in [1.165, 1.54) is 11.5 Å². The number of hydrogen-bond acceptors (Lipinski definition) is 8. The maximum atomic E-state index is 4.59. The van der Waals surface area contributed by atoms with E-state index in [2.05, 4.69) is 31.6 Å². The van der Waals surface area contributed by atoms with Gasteiger partial charge in [-0.25, -0.2) is 15.0 Å². The molecule has 0 atom stereocenters. The van der Waals surface area contributed by atoms with Crippen molar-refractivity contribution in [3.05, 3.63) is 23.1 Å². The highest BCUT2D eigenvalue weighted by atomic mass is 32.2. The molecule has 0 bridgehead atoms. The molecule has 0 aliphatic carbocycles. The molecule has 0 amide bonds. The van der Waals surface area contributed by atoms with E-state index >= 15 is 0 Å². The highest BCUT2D eigenvalue weighted by molar-refractivity contribution is 8.00. The number of hydrogen-bond donors (Lipinski definition) is 1. The lowest BCUT2D eigenvalue weighted by molar-refractivity contribution is 0.970. The predicted molar refractivity (Wildman–Crippen MR) is 85.8 cm³/mol. The fourth-order valence-electron chi connectivity index (χ4n) is 1.72. The van der Waals surface area contributed by atoms with Crippen LogP contribution in [0, 0.1) is 0 Å². The van der Waals surface area contributed by atoms with Crippen LogP contribution in [0.25, 0.3) is 10.2 Å². The fraction of sp³-hybridized carbons (Fsp3) is 0.333. The summed E-state index contributed by atoms with van der Waals surface area (Å²) in [6.45, 7) is 2.06. The third kappa shape index (κ3) is 2.77. The minimum absolute atomic E-state index is 0.709. The van der Waals surface area contributed by atoms with Gasteiger partial charge in [-0.3, -0.25) is 0 Å². The lowest BCUT2D eigenvalue weighted by atomic mass is 10.4. The van der Waals surface area contributed by atoms with Crippen molar-refractivity contribution in [1.82, 2.24) is 19.3 Å². The first-order valence-corrected chi connectivity index (χ1v) is 8.81. The zero-order valence-corrected chi connectivity index (χ0v) is 13.5. The SMILES string of the molecule is CCc1nsc(SCc2nc(NC)c3ccsc3n2)n1. The van der Waals surface area contributed by atoms with Crippen molar-refractivity contribution < 1.29 is 0 Å². The van der Waals surface area contributed by atoms with Gasteiger partial charge in [0.05, 0.1) is 11.1 Å². The molecule has 0 fully saturated rings. The molecule has 104 valence electrons. The first-order chi connectivity index (χ1) is 9.80. The number of fused-ring (bicyclic) bond motifs is 1. The predicted octanol–water partition coefficient (Wildman–Crippen LogP) is 3.44. The Morgan fingerprint density at radius 2 is 2.15 bits per heavy atom. The highest BCUT2D eigenvalue weighted by Gasteiger charge is 2.09. The second-order valence-electron chi connectivity index (χ2n) is 4.00. The number of nitrogens with one attached hydrogen (secondary N) is 1. The number of aromatic nitrogens is 4. The Morgan fingerprint density at radius 3 is 2.90 bits per heavy atom. The summed E-state index contributed by atoms with van der Waals surface area (Å²) >= 11 is 4.71. The molecule has 0 aromatic carbocycles. The third-order valence-electron chi connectivity index (χ3n) is 2.70. The minimum Gasteiger partial charge on any atom is -0.372 e. The molecular weight excluding hydrogens is 310 g/mol. The quantitative estimate of drug-likeness (QED) is 0.726. The van der Waals surface area contributed by atoms with Crippen LogP contribution in [0.4, 0.5) is 5.82 Å². The summed E-state index contributed by atoms with van der Waals surface area (Å²) < 4.78 is 5.26. The summed E-state index contributed by atoms with van der Waals surface area (Å²) in [4.78, 5) is 14.6. The Balaban J connectivity index is 1.79. The molecule has 0 aliphatic rings. The lowest BCUT2D eigenvalue weighted by Crippen LogP contribution is -1.99. The molecule has 0 spiro atoms. The zero-order chi connectivity index (χ0) is 13.9. The van der Waals surface area contributed by atoms with E-state index in [4.69, 9.17) is 0 Å². The van der Waals surface area contributed by atoms with Gasteiger partial charge in [-0.05, 0) is 23.0 Å². The topological polar surface area (TPSA) is 63.6 Å². The maximum absolute atomic E-state index is 4.59. The summed E-state index contributed by atoms with van der Waals surface area (Å²) in [7, 11) is 1.88. The van der Waals surface area contributed by atoms with Crippen LogP contribution in [-0.2, 0) is 12.2 Å². The van der Waals surface area contributed by atoms with Gasteiger partial charge in [0.15, 0.2) is 4.34 Å². The smallest absolute Gasteiger partial charge is 0.170 e. The van der Waals surface area contributed by atoms with Crippen LogP contribution < -0.4 is 5.32 Å². The number of thiophene rings is 1. The van der Waals surface area contributed by atoms with Crippen molar-refractivity contribution in [2.45, 2.75) is 23.4 Å². The molecule has 0 saturated carbocycles. The van der Waals surface area contributed by atoms with Gasteiger partial charge in [0.1, 0.15) is 22.3 Å². The molecule has 0 aliphatic heterocycles. The average molecular weight is 323 g/mol. The van der Waals surface area contributed by atoms with Crippen LogP contribution in [0.5, 0.6) is 0 Å². The van der Waals surface area contributed by atoms with Crippen molar-refractivity contribution in [3.8, 4) is 0 Å². The standard InChI is InChI=1S/C12H13N5S3/c1-3-8-16-12(20-17-8)19-6-9-14-10(13-2)7-4-5-18-11(7)15-9/h4-5H,3,6H2,1-2H3,(H,13,14,15). The number of anilines is 1. The van der Waals surface area contributed by atoms with Gasteiger partial charge in [-0.2, -0.15) is 4.37 Å². The number of rotatable bonds is 5. The van der Waals surface area contributed by atoms with E-state index in [0.29, 0.717) is 5.75 Å². The van der Waals surface area contributed by atoms with Crippen LogP contribution in [0.15, 0.2) is 15.8 Å². The van der Waals surface area contributed by atoms with E-state index in [1.807, 2.05) is 18.5 Å². The Morgan fingerprint density at radius 1 is 1.25 bits per heavy atom. The molecule has 5 nitrogen and oxygen atoms in total. The molecule has 0 unspecified atom stereocenters. The van der Waals surface area contributed by atoms with Crippen molar-refractivity contribution >= 4 is 50.7 Å². The van der Waals surface area contributed by atoms with Gasteiger partial charge in [0, 0.05) is 13.5 Å². The van der Waals surface area contributed by atoms with E-state index < -0.39 is 0 Å². The minimum atomic E-state index is 0.709. The molecular formula is C12H13N5S3. The lowest BCUT2D eigenvalue weighted by Gasteiger charge is -2.04. The summed E-state index contributed by atoms with van der Waals surface area (Å²) in [5, 5.41) is 6.25. The second-order valence-corrected chi connectivity index (χ2v) is 6.87. The van der Waals surface area contributed by atoms with Crippen LogP contribution in [0.1, 0.15) is 18.6 Å². The molecule has 3 aromatic heterocycles. The van der Waals surface area contributed by atoms with Crippen molar-refractivity contribution in [3.63, 3.8) is 0 Å². The van der Waals surface area contributed by atoms with Gasteiger partial charge in [-0.1, -0.05) is 18.7 Å². The normalized spacial score (nSPS) is 11.1.